The monoisotopic (exact) mass is 275 g/mol. The Kier molecular flexibility index (Phi) is 3.78. The van der Waals surface area contributed by atoms with Crippen LogP contribution in [0.5, 0.6) is 0 Å². The Morgan fingerprint density at radius 1 is 1.45 bits per heavy atom. The van der Waals surface area contributed by atoms with Gasteiger partial charge in [-0.1, -0.05) is 5.16 Å². The normalized spacial score (nSPS) is 19.2. The molecule has 1 aromatic carbocycles. The zero-order valence-electron chi connectivity index (χ0n) is 11.5. The molecule has 1 aromatic heterocycles. The van der Waals surface area contributed by atoms with Crippen molar-refractivity contribution < 1.29 is 8.91 Å². The smallest absolute Gasteiger partial charge is 0.257 e. The number of aryl methyl sites for hydroxylation is 1. The Morgan fingerprint density at radius 3 is 3.10 bits per heavy atom. The highest BCUT2D eigenvalue weighted by Crippen LogP contribution is 2.21. The lowest BCUT2D eigenvalue weighted by atomic mass is 9.96. The molecule has 2 heterocycles. The number of aromatic nitrogens is 2. The topological polar surface area (TPSA) is 51.0 Å². The van der Waals surface area contributed by atoms with Crippen molar-refractivity contribution in [1.29, 1.82) is 0 Å². The second kappa shape index (κ2) is 5.71. The second-order valence-electron chi connectivity index (χ2n) is 5.40. The first kappa shape index (κ1) is 13.2. The van der Waals surface area contributed by atoms with E-state index in [4.69, 9.17) is 4.52 Å². The van der Waals surface area contributed by atoms with E-state index in [1.165, 1.54) is 18.9 Å². The standard InChI is InChI=1S/C15H18FN3O/c1-10-7-12(4-5-13(10)16)15-18-14(19-20-15)8-11-3-2-6-17-9-11/h4-5,7,11,17H,2-3,6,8-9H2,1H3. The minimum atomic E-state index is -0.221. The summed E-state index contributed by atoms with van der Waals surface area (Å²) in [6, 6.07) is 4.83. The number of benzene rings is 1. The van der Waals surface area contributed by atoms with Crippen molar-refractivity contribution in [1.82, 2.24) is 15.5 Å². The van der Waals surface area contributed by atoms with Crippen molar-refractivity contribution in [3.8, 4) is 11.5 Å². The van der Waals surface area contributed by atoms with Gasteiger partial charge >= 0.3 is 0 Å². The van der Waals surface area contributed by atoms with Gasteiger partial charge in [0.2, 0.25) is 0 Å². The first-order chi connectivity index (χ1) is 9.72. The maximum Gasteiger partial charge on any atom is 0.257 e. The Morgan fingerprint density at radius 2 is 2.35 bits per heavy atom. The minimum absolute atomic E-state index is 0.221. The number of nitrogens with zero attached hydrogens (tertiary/aromatic N) is 2. The molecule has 0 radical (unpaired) electrons. The molecule has 1 saturated heterocycles. The van der Waals surface area contributed by atoms with Crippen LogP contribution in [0.1, 0.15) is 24.2 Å². The number of rotatable bonds is 3. The number of nitrogens with one attached hydrogen (secondary N) is 1. The molecular weight excluding hydrogens is 257 g/mol. The van der Waals surface area contributed by atoms with Gasteiger partial charge in [0.1, 0.15) is 5.82 Å². The number of halogens is 1. The largest absolute Gasteiger partial charge is 0.334 e. The fraction of sp³-hybridized carbons (Fsp3) is 0.467. The van der Waals surface area contributed by atoms with Crippen LogP contribution in [0, 0.1) is 18.7 Å². The highest BCUT2D eigenvalue weighted by molar-refractivity contribution is 5.54. The van der Waals surface area contributed by atoms with Crippen LogP contribution >= 0.6 is 0 Å². The van der Waals surface area contributed by atoms with Gasteiger partial charge in [-0.25, -0.2) is 4.39 Å². The molecule has 1 unspecified atom stereocenters. The summed E-state index contributed by atoms with van der Waals surface area (Å²) < 4.78 is 18.5. The van der Waals surface area contributed by atoms with Crippen LogP contribution in [0.3, 0.4) is 0 Å². The zero-order chi connectivity index (χ0) is 13.9. The Labute approximate surface area is 117 Å². The van der Waals surface area contributed by atoms with Crippen LogP contribution in [0.15, 0.2) is 22.7 Å². The molecular formula is C15H18FN3O. The fourth-order valence-electron chi connectivity index (χ4n) is 2.59. The van der Waals surface area contributed by atoms with Crippen molar-refractivity contribution in [3.05, 3.63) is 35.4 Å². The maximum atomic E-state index is 13.3. The van der Waals surface area contributed by atoms with Crippen molar-refractivity contribution in [2.75, 3.05) is 13.1 Å². The molecule has 0 bridgehead atoms. The summed E-state index contributed by atoms with van der Waals surface area (Å²) in [7, 11) is 0. The van der Waals surface area contributed by atoms with Gasteiger partial charge in [0.25, 0.3) is 5.89 Å². The van der Waals surface area contributed by atoms with E-state index in [0.29, 0.717) is 17.4 Å². The SMILES string of the molecule is Cc1cc(-c2nc(CC3CCCNC3)no2)ccc1F. The Bertz CT molecular complexity index is 591. The molecule has 1 aliphatic rings. The first-order valence-corrected chi connectivity index (χ1v) is 7.02. The summed E-state index contributed by atoms with van der Waals surface area (Å²) in [6.07, 6.45) is 3.23. The van der Waals surface area contributed by atoms with Crippen molar-refractivity contribution in [2.45, 2.75) is 26.2 Å². The van der Waals surface area contributed by atoms with E-state index in [2.05, 4.69) is 15.5 Å². The number of hydrogen-bond donors (Lipinski definition) is 1. The lowest BCUT2D eigenvalue weighted by molar-refractivity contribution is 0.360. The summed E-state index contributed by atoms with van der Waals surface area (Å²) in [5, 5.41) is 7.41. The lowest BCUT2D eigenvalue weighted by Gasteiger charge is -2.20. The molecule has 1 atom stereocenters. The molecule has 106 valence electrons. The summed E-state index contributed by atoms with van der Waals surface area (Å²) in [5.74, 6) is 1.55. The van der Waals surface area contributed by atoms with E-state index in [1.54, 1.807) is 19.1 Å². The van der Waals surface area contributed by atoms with Gasteiger partial charge in [-0.05, 0) is 62.5 Å². The molecule has 0 amide bonds. The number of piperidine rings is 1. The van der Waals surface area contributed by atoms with Crippen molar-refractivity contribution in [2.24, 2.45) is 5.92 Å². The number of hydrogen-bond acceptors (Lipinski definition) is 4. The van der Waals surface area contributed by atoms with Gasteiger partial charge in [-0.3, -0.25) is 0 Å². The predicted molar refractivity (Wildman–Crippen MR) is 73.7 cm³/mol. The van der Waals surface area contributed by atoms with Gasteiger partial charge < -0.3 is 9.84 Å². The van der Waals surface area contributed by atoms with Crippen LogP contribution in [0.25, 0.3) is 11.5 Å². The third-order valence-electron chi connectivity index (χ3n) is 3.74. The molecule has 1 N–H and O–H groups in total. The maximum absolute atomic E-state index is 13.3. The van der Waals surface area contributed by atoms with Crippen LogP contribution in [-0.4, -0.2) is 23.2 Å². The summed E-state index contributed by atoms with van der Waals surface area (Å²) in [5.41, 5.74) is 1.35. The van der Waals surface area contributed by atoms with E-state index in [1.807, 2.05) is 0 Å². The molecule has 0 saturated carbocycles. The third-order valence-corrected chi connectivity index (χ3v) is 3.74. The summed E-state index contributed by atoms with van der Waals surface area (Å²) in [6.45, 7) is 3.84. The Balaban J connectivity index is 1.73. The van der Waals surface area contributed by atoms with Crippen LogP contribution in [0.4, 0.5) is 4.39 Å². The summed E-state index contributed by atoms with van der Waals surface area (Å²) in [4.78, 5) is 4.42. The van der Waals surface area contributed by atoms with Gasteiger partial charge in [0.15, 0.2) is 5.82 Å². The quantitative estimate of drug-likeness (QED) is 0.935. The Hall–Kier alpha value is -1.75. The van der Waals surface area contributed by atoms with Crippen LogP contribution in [0.2, 0.25) is 0 Å². The lowest BCUT2D eigenvalue weighted by Crippen LogP contribution is -2.31. The minimum Gasteiger partial charge on any atom is -0.334 e. The zero-order valence-corrected chi connectivity index (χ0v) is 11.5. The first-order valence-electron chi connectivity index (χ1n) is 7.02. The average Bonchev–Trinajstić information content (AvgIpc) is 2.91. The van der Waals surface area contributed by atoms with Crippen LogP contribution in [-0.2, 0) is 6.42 Å². The van der Waals surface area contributed by atoms with Gasteiger partial charge in [-0.15, -0.1) is 0 Å². The molecule has 1 fully saturated rings. The molecule has 0 aliphatic carbocycles. The highest BCUT2D eigenvalue weighted by atomic mass is 19.1. The molecule has 3 rings (SSSR count). The molecule has 5 heteroatoms. The van der Waals surface area contributed by atoms with Gasteiger partial charge in [0.05, 0.1) is 0 Å². The molecule has 0 spiro atoms. The fourth-order valence-corrected chi connectivity index (χ4v) is 2.59. The third kappa shape index (κ3) is 2.88. The second-order valence-corrected chi connectivity index (χ2v) is 5.40. The molecule has 1 aliphatic heterocycles. The highest BCUT2D eigenvalue weighted by Gasteiger charge is 2.17. The van der Waals surface area contributed by atoms with Crippen LogP contribution < -0.4 is 5.32 Å². The van der Waals surface area contributed by atoms with E-state index in [9.17, 15) is 4.39 Å². The molecule has 4 nitrogen and oxygen atoms in total. The molecule has 20 heavy (non-hydrogen) atoms. The predicted octanol–water partition coefficient (Wildman–Crippen LogP) is 2.73. The van der Waals surface area contributed by atoms with Gasteiger partial charge in [0, 0.05) is 12.0 Å². The van der Waals surface area contributed by atoms with E-state index >= 15 is 0 Å². The van der Waals surface area contributed by atoms with Crippen molar-refractivity contribution >= 4 is 0 Å². The molecule has 2 aromatic rings. The summed E-state index contributed by atoms with van der Waals surface area (Å²) >= 11 is 0. The van der Waals surface area contributed by atoms with Crippen molar-refractivity contribution in [3.63, 3.8) is 0 Å². The van der Waals surface area contributed by atoms with E-state index < -0.39 is 0 Å². The van der Waals surface area contributed by atoms with E-state index in [-0.39, 0.29) is 5.82 Å². The van der Waals surface area contributed by atoms with E-state index in [0.717, 1.165) is 30.9 Å². The van der Waals surface area contributed by atoms with Gasteiger partial charge in [-0.2, -0.15) is 4.98 Å². The average molecular weight is 275 g/mol.